The summed E-state index contributed by atoms with van der Waals surface area (Å²) in [4.78, 5) is 27.3. The smallest absolute Gasteiger partial charge is 0.264 e. The number of hydrogen-bond acceptors (Lipinski definition) is 7. The fraction of sp³-hybridized carbons (Fsp3) is 0.462. The van der Waals surface area contributed by atoms with Crippen LogP contribution in [0.5, 0.6) is 0 Å². The summed E-state index contributed by atoms with van der Waals surface area (Å²) in [5.74, 6) is -0.927. The van der Waals surface area contributed by atoms with Gasteiger partial charge in [0, 0.05) is 31.4 Å². The molecule has 2 aliphatic rings. The third-order valence-corrected chi connectivity index (χ3v) is 7.35. The van der Waals surface area contributed by atoms with Crippen LogP contribution >= 0.6 is 0 Å². The van der Waals surface area contributed by atoms with Crippen molar-refractivity contribution in [3.63, 3.8) is 0 Å². The number of halogens is 1. The number of pyridine rings is 1. The van der Waals surface area contributed by atoms with Crippen molar-refractivity contribution in [2.24, 2.45) is 0 Å². The van der Waals surface area contributed by atoms with Crippen LogP contribution in [0.1, 0.15) is 43.5 Å². The van der Waals surface area contributed by atoms with Crippen LogP contribution in [0.4, 0.5) is 10.1 Å². The monoisotopic (exact) mass is 519 g/mol. The van der Waals surface area contributed by atoms with Crippen LogP contribution in [0.25, 0.3) is 16.8 Å². The molecule has 0 radical (unpaired) electrons. The van der Waals surface area contributed by atoms with E-state index in [4.69, 9.17) is 0 Å². The molecule has 38 heavy (non-hydrogen) atoms. The number of carbonyl (C=O) groups is 2. The van der Waals surface area contributed by atoms with Crippen LogP contribution in [0.2, 0.25) is 0 Å². The van der Waals surface area contributed by atoms with Gasteiger partial charge in [-0.1, -0.05) is 18.7 Å². The number of anilines is 1. The second-order valence-corrected chi connectivity index (χ2v) is 9.89. The van der Waals surface area contributed by atoms with Crippen molar-refractivity contribution >= 4 is 23.0 Å². The molecule has 198 valence electrons. The lowest BCUT2D eigenvalue weighted by molar-refractivity contribution is -0.162. The van der Waals surface area contributed by atoms with E-state index in [1.54, 1.807) is 15.6 Å². The van der Waals surface area contributed by atoms with E-state index < -0.39 is 11.6 Å². The van der Waals surface area contributed by atoms with Crippen LogP contribution in [-0.2, 0) is 9.59 Å². The van der Waals surface area contributed by atoms with E-state index in [0.717, 1.165) is 41.5 Å². The zero-order chi connectivity index (χ0) is 27.0. The molecule has 12 heteroatoms. The molecule has 2 aliphatic heterocycles. The first-order chi connectivity index (χ1) is 18.3. The number of nitrogens with zero attached hydrogens (tertiary/aromatic N) is 8. The highest BCUT2D eigenvalue weighted by molar-refractivity contribution is 5.93. The molecule has 3 aromatic heterocycles. The Morgan fingerprint density at radius 1 is 1.32 bits per heavy atom. The summed E-state index contributed by atoms with van der Waals surface area (Å²) in [7, 11) is 0. The van der Waals surface area contributed by atoms with Gasteiger partial charge in [0.2, 0.25) is 11.6 Å². The highest BCUT2D eigenvalue weighted by atomic mass is 19.1. The summed E-state index contributed by atoms with van der Waals surface area (Å²) in [6, 6.07) is 4.18. The van der Waals surface area contributed by atoms with Gasteiger partial charge < -0.3 is 15.1 Å². The number of piperidine rings is 1. The van der Waals surface area contributed by atoms with E-state index in [-0.39, 0.29) is 25.0 Å². The van der Waals surface area contributed by atoms with Crippen LogP contribution in [0.15, 0.2) is 31.1 Å². The Kier molecular flexibility index (Phi) is 6.60. The molecule has 0 unspecified atom stereocenters. The normalized spacial score (nSPS) is 17.2. The van der Waals surface area contributed by atoms with Crippen LogP contribution in [-0.4, -0.2) is 84.6 Å². The molecule has 0 aromatic carbocycles. The zero-order valence-electron chi connectivity index (χ0n) is 21.5. The van der Waals surface area contributed by atoms with E-state index in [1.807, 2.05) is 23.9 Å². The van der Waals surface area contributed by atoms with Crippen LogP contribution < -0.4 is 5.32 Å². The van der Waals surface area contributed by atoms with Gasteiger partial charge in [-0.15, -0.1) is 5.10 Å². The molecule has 0 bridgehead atoms. The Bertz CT molecular complexity index is 1440. The van der Waals surface area contributed by atoms with Crippen molar-refractivity contribution in [2.45, 2.75) is 44.8 Å². The van der Waals surface area contributed by atoms with Crippen LogP contribution in [0.3, 0.4) is 0 Å². The predicted molar refractivity (Wildman–Crippen MR) is 138 cm³/mol. The van der Waals surface area contributed by atoms with E-state index in [9.17, 15) is 14.9 Å². The third-order valence-electron chi connectivity index (χ3n) is 7.35. The summed E-state index contributed by atoms with van der Waals surface area (Å²) < 4.78 is 18.6. The van der Waals surface area contributed by atoms with E-state index in [1.165, 1.54) is 4.90 Å². The SMILES string of the molecule is C=CC(=O)N1CC(F)(C(=O)N2CCC(n3nnc(-c4cc(NCCC)c5c(C#N)cnn5c4)c3C)CC2)C1. The molecule has 0 atom stereocenters. The number of alkyl halides is 1. The summed E-state index contributed by atoms with van der Waals surface area (Å²) >= 11 is 0. The molecule has 0 spiro atoms. The van der Waals surface area contributed by atoms with Crippen molar-refractivity contribution in [2.75, 3.05) is 38.0 Å². The van der Waals surface area contributed by atoms with Crippen LogP contribution in [0, 0.1) is 18.3 Å². The minimum absolute atomic E-state index is 0.0207. The van der Waals surface area contributed by atoms with Gasteiger partial charge in [-0.2, -0.15) is 10.4 Å². The first-order valence-corrected chi connectivity index (χ1v) is 12.8. The van der Waals surface area contributed by atoms with Gasteiger partial charge in [0.1, 0.15) is 17.3 Å². The van der Waals surface area contributed by atoms with Gasteiger partial charge in [-0.25, -0.2) is 13.6 Å². The summed E-state index contributed by atoms with van der Waals surface area (Å²) in [6.07, 6.45) is 6.69. The number of nitriles is 1. The van der Waals surface area contributed by atoms with Gasteiger partial charge in [0.15, 0.2) is 0 Å². The molecule has 2 saturated heterocycles. The second-order valence-electron chi connectivity index (χ2n) is 9.89. The maximum atomic E-state index is 15.1. The average molecular weight is 520 g/mol. The number of fused-ring (bicyclic) bond motifs is 1. The second kappa shape index (κ2) is 9.89. The molecular formula is C26H30FN9O2. The van der Waals surface area contributed by atoms with Gasteiger partial charge in [-0.3, -0.25) is 9.59 Å². The van der Waals surface area contributed by atoms with Gasteiger partial charge in [0.25, 0.3) is 5.91 Å². The number of hydrogen-bond donors (Lipinski definition) is 1. The van der Waals surface area contributed by atoms with E-state index in [2.05, 4.69) is 40.3 Å². The largest absolute Gasteiger partial charge is 0.383 e. The maximum absolute atomic E-state index is 15.1. The standard InChI is InChI=1S/C26H30FN9O2/c1-4-8-29-21-11-18(14-35-24(21)19(12-28)13-30-35)23-17(3)36(32-31-23)20-6-9-33(10-7-20)25(38)26(27)15-34(16-26)22(37)5-2/h5,11,13-14,20,29H,2,4,6-10,15-16H2,1,3H3. The lowest BCUT2D eigenvalue weighted by Crippen LogP contribution is -2.68. The zero-order valence-corrected chi connectivity index (χ0v) is 21.5. The summed E-state index contributed by atoms with van der Waals surface area (Å²) in [5.41, 5.74) is 2.41. The Morgan fingerprint density at radius 2 is 2.05 bits per heavy atom. The first kappa shape index (κ1) is 25.4. The minimum atomic E-state index is -2.03. The molecular weight excluding hydrogens is 489 g/mol. The fourth-order valence-corrected chi connectivity index (χ4v) is 5.26. The highest BCUT2D eigenvalue weighted by Crippen LogP contribution is 2.33. The Balaban J connectivity index is 1.31. The Hall–Kier alpha value is -4.27. The van der Waals surface area contributed by atoms with Crippen molar-refractivity contribution in [1.82, 2.24) is 34.4 Å². The van der Waals surface area contributed by atoms with Gasteiger partial charge in [0.05, 0.1) is 42.3 Å². The van der Waals surface area contributed by atoms with Crippen molar-refractivity contribution in [3.8, 4) is 17.3 Å². The number of nitrogens with one attached hydrogen (secondary N) is 1. The summed E-state index contributed by atoms with van der Waals surface area (Å²) in [5, 5.41) is 26.1. The quantitative estimate of drug-likeness (QED) is 0.476. The number of rotatable bonds is 7. The fourth-order valence-electron chi connectivity index (χ4n) is 5.26. The molecule has 0 aliphatic carbocycles. The van der Waals surface area contributed by atoms with Gasteiger partial charge >= 0.3 is 0 Å². The number of carbonyl (C=O) groups excluding carboxylic acids is 2. The highest BCUT2D eigenvalue weighted by Gasteiger charge is 2.53. The van der Waals surface area contributed by atoms with Crippen molar-refractivity contribution in [1.29, 1.82) is 5.26 Å². The molecule has 2 fully saturated rings. The lowest BCUT2D eigenvalue weighted by Gasteiger charge is -2.45. The van der Waals surface area contributed by atoms with Gasteiger partial charge in [-0.05, 0) is 38.3 Å². The average Bonchev–Trinajstić information content (AvgIpc) is 3.52. The first-order valence-electron chi connectivity index (χ1n) is 12.8. The topological polar surface area (TPSA) is 124 Å². The molecule has 5 rings (SSSR count). The number of aromatic nitrogens is 5. The molecule has 11 nitrogen and oxygen atoms in total. The minimum Gasteiger partial charge on any atom is -0.383 e. The molecule has 0 saturated carbocycles. The third kappa shape index (κ3) is 4.27. The Labute approximate surface area is 219 Å². The Morgan fingerprint density at radius 3 is 2.71 bits per heavy atom. The molecule has 5 heterocycles. The van der Waals surface area contributed by atoms with E-state index in [0.29, 0.717) is 37.2 Å². The number of likely N-dealkylation sites (tertiary alicyclic amines) is 2. The van der Waals surface area contributed by atoms with Crippen molar-refractivity contribution in [3.05, 3.63) is 42.4 Å². The molecule has 2 amide bonds. The van der Waals surface area contributed by atoms with Crippen molar-refractivity contribution < 1.29 is 14.0 Å². The lowest BCUT2D eigenvalue weighted by atomic mass is 9.92. The van der Waals surface area contributed by atoms with E-state index >= 15 is 4.39 Å². The maximum Gasteiger partial charge on any atom is 0.264 e. The molecule has 3 aromatic rings. The predicted octanol–water partition coefficient (Wildman–Crippen LogP) is 2.49. The number of amides is 2. The summed E-state index contributed by atoms with van der Waals surface area (Å²) in [6.45, 7) is 8.53. The molecule has 1 N–H and O–H groups in total.